The molecule has 3 aromatic rings. The van der Waals surface area contributed by atoms with Crippen molar-refractivity contribution in [3.05, 3.63) is 97.1 Å². The number of non-ortho nitro benzene ring substituents is 1. The van der Waals surface area contributed by atoms with E-state index in [-0.39, 0.29) is 27.9 Å². The molecule has 1 N–H and O–H groups in total. The zero-order valence-corrected chi connectivity index (χ0v) is 20.8. The number of hydrogen-bond donors (Lipinski definition) is 1. The van der Waals surface area contributed by atoms with E-state index in [1.54, 1.807) is 24.3 Å². The maximum absolute atomic E-state index is 13.2. The molecule has 0 aliphatic carbocycles. The van der Waals surface area contributed by atoms with Gasteiger partial charge in [0, 0.05) is 11.1 Å². The average Bonchev–Trinajstić information content (AvgIpc) is 2.88. The zero-order chi connectivity index (χ0) is 27.6. The van der Waals surface area contributed by atoms with Crippen LogP contribution in [0.2, 0.25) is 5.02 Å². The van der Waals surface area contributed by atoms with E-state index in [1.165, 1.54) is 31.4 Å². The van der Waals surface area contributed by atoms with E-state index >= 15 is 0 Å². The van der Waals surface area contributed by atoms with Crippen molar-refractivity contribution in [3.8, 4) is 17.2 Å². The van der Waals surface area contributed by atoms with Crippen LogP contribution >= 0.6 is 23.8 Å². The molecule has 0 radical (unpaired) electrons. The number of thiocarbonyl (C=S) groups is 1. The molecule has 0 atom stereocenters. The number of nitrogens with one attached hydrogen (secondary N) is 1. The van der Waals surface area contributed by atoms with Gasteiger partial charge in [0.25, 0.3) is 17.5 Å². The number of rotatable bonds is 7. The standard InChI is InChI=1S/C24H15ClN4O8S/c1-36-21-11-13(2-8-20(21)37-19-9-7-16(28(32)33)12-18(19)29(34)35)10-17-22(30)26-24(38)27(23(17)31)15-5-3-14(25)4-6-15/h2-12H,1H3,(H,26,30,38)/b17-10+. The Morgan fingerprint density at radius 1 is 0.947 bits per heavy atom. The molecule has 1 saturated heterocycles. The van der Waals surface area contributed by atoms with E-state index in [0.29, 0.717) is 16.3 Å². The van der Waals surface area contributed by atoms with Crippen LogP contribution in [0, 0.1) is 20.2 Å². The number of methoxy groups -OCH3 is 1. The van der Waals surface area contributed by atoms with Crippen molar-refractivity contribution in [2.45, 2.75) is 0 Å². The summed E-state index contributed by atoms with van der Waals surface area (Å²) in [7, 11) is 1.32. The van der Waals surface area contributed by atoms with Crippen molar-refractivity contribution in [2.24, 2.45) is 0 Å². The summed E-state index contributed by atoms with van der Waals surface area (Å²) >= 11 is 11.1. The fourth-order valence-corrected chi connectivity index (χ4v) is 3.88. The van der Waals surface area contributed by atoms with Gasteiger partial charge < -0.3 is 9.47 Å². The lowest BCUT2D eigenvalue weighted by Crippen LogP contribution is -2.54. The fourth-order valence-electron chi connectivity index (χ4n) is 3.47. The van der Waals surface area contributed by atoms with Gasteiger partial charge in [-0.25, -0.2) is 0 Å². The lowest BCUT2D eigenvalue weighted by molar-refractivity contribution is -0.394. The van der Waals surface area contributed by atoms with Gasteiger partial charge in [0.1, 0.15) is 5.57 Å². The molecule has 0 spiro atoms. The van der Waals surface area contributed by atoms with E-state index in [4.69, 9.17) is 33.3 Å². The maximum atomic E-state index is 13.2. The van der Waals surface area contributed by atoms with E-state index in [0.717, 1.165) is 23.1 Å². The predicted molar refractivity (Wildman–Crippen MR) is 140 cm³/mol. The number of benzene rings is 3. The molecule has 1 aliphatic rings. The fraction of sp³-hybridized carbons (Fsp3) is 0.0417. The normalized spacial score (nSPS) is 14.3. The van der Waals surface area contributed by atoms with Crippen LogP contribution in [0.5, 0.6) is 17.2 Å². The van der Waals surface area contributed by atoms with Crippen LogP contribution in [0.1, 0.15) is 5.56 Å². The lowest BCUT2D eigenvalue weighted by atomic mass is 10.1. The third-order valence-corrected chi connectivity index (χ3v) is 5.79. The second kappa shape index (κ2) is 10.6. The number of nitro benzene ring substituents is 2. The first-order valence-electron chi connectivity index (χ1n) is 10.5. The molecule has 1 aliphatic heterocycles. The average molecular weight is 555 g/mol. The Balaban J connectivity index is 1.66. The quantitative estimate of drug-likeness (QED) is 0.143. The van der Waals surface area contributed by atoms with Crippen LogP contribution in [0.15, 0.2) is 66.2 Å². The van der Waals surface area contributed by atoms with Crippen LogP contribution in [0.25, 0.3) is 6.08 Å². The number of hydrogen-bond acceptors (Lipinski definition) is 9. The van der Waals surface area contributed by atoms with Crippen molar-refractivity contribution in [1.82, 2.24) is 5.32 Å². The van der Waals surface area contributed by atoms with Gasteiger partial charge in [-0.3, -0.25) is 40.0 Å². The number of amides is 2. The molecule has 4 rings (SSSR count). The summed E-state index contributed by atoms with van der Waals surface area (Å²) in [6.45, 7) is 0. The van der Waals surface area contributed by atoms with Gasteiger partial charge >= 0.3 is 5.69 Å². The monoisotopic (exact) mass is 554 g/mol. The maximum Gasteiger partial charge on any atom is 0.318 e. The molecule has 0 bridgehead atoms. The number of carbonyl (C=O) groups is 2. The summed E-state index contributed by atoms with van der Waals surface area (Å²) in [5.41, 5.74) is -0.526. The number of halogens is 1. The van der Waals surface area contributed by atoms with Gasteiger partial charge in [0.05, 0.1) is 28.7 Å². The summed E-state index contributed by atoms with van der Waals surface area (Å²) in [4.78, 5) is 47.8. The summed E-state index contributed by atoms with van der Waals surface area (Å²) in [5, 5.41) is 25.2. The van der Waals surface area contributed by atoms with Crippen LogP contribution in [0.4, 0.5) is 17.1 Å². The highest BCUT2D eigenvalue weighted by Crippen LogP contribution is 2.38. The highest BCUT2D eigenvalue weighted by Gasteiger charge is 2.34. The van der Waals surface area contributed by atoms with Crippen LogP contribution in [-0.4, -0.2) is 33.9 Å². The van der Waals surface area contributed by atoms with E-state index in [1.807, 2.05) is 0 Å². The summed E-state index contributed by atoms with van der Waals surface area (Å²) < 4.78 is 10.9. The molecule has 1 fully saturated rings. The van der Waals surface area contributed by atoms with Crippen LogP contribution in [-0.2, 0) is 9.59 Å². The van der Waals surface area contributed by atoms with Gasteiger partial charge in [-0.2, -0.15) is 0 Å². The van der Waals surface area contributed by atoms with Crippen molar-refractivity contribution in [2.75, 3.05) is 12.0 Å². The Morgan fingerprint density at radius 3 is 2.26 bits per heavy atom. The first-order chi connectivity index (χ1) is 18.1. The SMILES string of the molecule is COc1cc(/C=C2\C(=O)NC(=S)N(c3ccc(Cl)cc3)C2=O)ccc1Oc1ccc([N+](=O)[O-])cc1[N+](=O)[O-]. The van der Waals surface area contributed by atoms with Gasteiger partial charge in [-0.05, 0) is 66.3 Å². The van der Waals surface area contributed by atoms with E-state index in [9.17, 15) is 29.8 Å². The molecule has 14 heteroatoms. The van der Waals surface area contributed by atoms with Crippen molar-refractivity contribution in [3.63, 3.8) is 0 Å². The minimum absolute atomic E-state index is 0.0509. The predicted octanol–water partition coefficient (Wildman–Crippen LogP) is 4.79. The molecule has 12 nitrogen and oxygen atoms in total. The molecule has 0 saturated carbocycles. The van der Waals surface area contributed by atoms with Crippen molar-refractivity contribution < 1.29 is 28.9 Å². The Hall–Kier alpha value is -4.88. The second-order valence-electron chi connectivity index (χ2n) is 7.61. The topological polar surface area (TPSA) is 154 Å². The van der Waals surface area contributed by atoms with E-state index < -0.39 is 33.0 Å². The van der Waals surface area contributed by atoms with Gasteiger partial charge in [-0.1, -0.05) is 17.7 Å². The largest absolute Gasteiger partial charge is 0.493 e. The molecule has 1 heterocycles. The number of ether oxygens (including phenoxy) is 2. The summed E-state index contributed by atoms with van der Waals surface area (Å²) in [6.07, 6.45) is 1.32. The molecule has 0 aromatic heterocycles. The molecular formula is C24H15ClN4O8S. The van der Waals surface area contributed by atoms with Crippen LogP contribution < -0.4 is 19.7 Å². The van der Waals surface area contributed by atoms with Crippen molar-refractivity contribution >= 4 is 63.9 Å². The third kappa shape index (κ3) is 5.28. The highest BCUT2D eigenvalue weighted by atomic mass is 35.5. The Morgan fingerprint density at radius 2 is 1.63 bits per heavy atom. The first-order valence-corrected chi connectivity index (χ1v) is 11.3. The molecule has 2 amide bonds. The second-order valence-corrected chi connectivity index (χ2v) is 8.44. The van der Waals surface area contributed by atoms with Gasteiger partial charge in [0.15, 0.2) is 16.6 Å². The molecule has 192 valence electrons. The number of nitro groups is 2. The van der Waals surface area contributed by atoms with Crippen LogP contribution in [0.3, 0.4) is 0 Å². The zero-order valence-electron chi connectivity index (χ0n) is 19.2. The Bertz CT molecular complexity index is 1540. The molecule has 38 heavy (non-hydrogen) atoms. The van der Waals surface area contributed by atoms with E-state index in [2.05, 4.69) is 5.32 Å². The number of nitrogens with zero attached hydrogens (tertiary/aromatic N) is 3. The smallest absolute Gasteiger partial charge is 0.318 e. The third-order valence-electron chi connectivity index (χ3n) is 5.26. The minimum atomic E-state index is -0.808. The molecule has 3 aromatic carbocycles. The molecule has 0 unspecified atom stereocenters. The van der Waals surface area contributed by atoms with Crippen molar-refractivity contribution in [1.29, 1.82) is 0 Å². The van der Waals surface area contributed by atoms with Gasteiger partial charge in [0.2, 0.25) is 5.75 Å². The van der Waals surface area contributed by atoms with Gasteiger partial charge in [-0.15, -0.1) is 0 Å². The Labute approximate surface area is 224 Å². The number of anilines is 1. The summed E-state index contributed by atoms with van der Waals surface area (Å²) in [6, 6.07) is 13.6. The summed E-state index contributed by atoms with van der Waals surface area (Å²) in [5.74, 6) is -1.46. The minimum Gasteiger partial charge on any atom is -0.493 e. The Kier molecular flexibility index (Phi) is 7.32. The number of carbonyl (C=O) groups excluding carboxylic acids is 2. The first kappa shape index (κ1) is 26.2. The highest BCUT2D eigenvalue weighted by molar-refractivity contribution is 7.80. The lowest BCUT2D eigenvalue weighted by Gasteiger charge is -2.29. The molecular weight excluding hydrogens is 540 g/mol.